The molecule has 0 saturated carbocycles. The fourth-order valence-electron chi connectivity index (χ4n) is 3.20. The van der Waals surface area contributed by atoms with Crippen LogP contribution in [-0.2, 0) is 20.2 Å². The molecule has 0 atom stereocenters. The first-order chi connectivity index (χ1) is 17.1. The molecule has 4 aromatic rings. The number of hydrogen-bond donors (Lipinski definition) is 4. The Morgan fingerprint density at radius 2 is 1.00 bits per heavy atom. The van der Waals surface area contributed by atoms with E-state index < -0.39 is 30.0 Å². The van der Waals surface area contributed by atoms with E-state index >= 15 is 0 Å². The smallest absolute Gasteiger partial charge is 0.295 e. The summed E-state index contributed by atoms with van der Waals surface area (Å²) < 4.78 is 68.8. The molecule has 2 aromatic heterocycles. The molecule has 2 aromatic carbocycles. The third kappa shape index (κ3) is 5.63. The van der Waals surface area contributed by atoms with Crippen LogP contribution in [0.5, 0.6) is 0 Å². The summed E-state index contributed by atoms with van der Waals surface area (Å²) in [6.45, 7) is 0. The third-order valence-electron chi connectivity index (χ3n) is 4.63. The maximum Gasteiger partial charge on any atom is 0.295 e. The van der Waals surface area contributed by atoms with Crippen LogP contribution in [0.15, 0.2) is 82.8 Å². The second-order valence-electron chi connectivity index (χ2n) is 6.95. The molecule has 0 unspecified atom stereocenters. The summed E-state index contributed by atoms with van der Waals surface area (Å²) in [6, 6.07) is 13.7. The highest BCUT2D eigenvalue weighted by molar-refractivity contribution is 7.86. The van der Waals surface area contributed by atoms with Crippen molar-refractivity contribution in [2.75, 3.05) is 10.6 Å². The van der Waals surface area contributed by atoms with E-state index in [4.69, 9.17) is 0 Å². The van der Waals surface area contributed by atoms with Crippen molar-refractivity contribution < 1.29 is 25.9 Å². The van der Waals surface area contributed by atoms with E-state index in [0.717, 1.165) is 12.1 Å². The lowest BCUT2D eigenvalue weighted by molar-refractivity contribution is 0.480. The zero-order chi connectivity index (χ0) is 25.8. The van der Waals surface area contributed by atoms with E-state index in [1.165, 1.54) is 60.9 Å². The van der Waals surface area contributed by atoms with Gasteiger partial charge in [0.15, 0.2) is 11.6 Å². The maximum atomic E-state index is 12.2. The average molecular weight is 529 g/mol. The topological polar surface area (TPSA) is 210 Å². The predicted octanol–water partition coefficient (Wildman–Crippen LogP) is 1.60. The first kappa shape index (κ1) is 24.7. The highest BCUT2D eigenvalue weighted by Crippen LogP contribution is 2.34. The normalized spacial score (nSPS) is 12.5. The molecule has 4 rings (SSSR count). The van der Waals surface area contributed by atoms with Gasteiger partial charge in [-0.2, -0.15) is 16.8 Å². The van der Waals surface area contributed by atoms with Gasteiger partial charge in [0.1, 0.15) is 9.79 Å². The molecule has 4 N–H and O–H groups in total. The number of aromatic nitrogens is 6. The fraction of sp³-hybridized carbons (Fsp3) is 0. The second kappa shape index (κ2) is 10.1. The molecule has 0 radical (unpaired) electrons. The monoisotopic (exact) mass is 528 g/mol. The predicted molar refractivity (Wildman–Crippen MR) is 126 cm³/mol. The van der Waals surface area contributed by atoms with Crippen molar-refractivity contribution in [1.29, 1.82) is 0 Å². The first-order valence-electron chi connectivity index (χ1n) is 9.85. The maximum absolute atomic E-state index is 12.2. The number of anilines is 2. The minimum Gasteiger partial charge on any atom is -0.336 e. The molecule has 16 heteroatoms. The number of rotatable bonds is 8. The lowest BCUT2D eigenvalue weighted by atomic mass is 10.0. The van der Waals surface area contributed by atoms with Crippen molar-refractivity contribution in [2.24, 2.45) is 0 Å². The zero-order valence-electron chi connectivity index (χ0n) is 18.0. The van der Waals surface area contributed by atoms with Crippen LogP contribution < -0.4 is 10.6 Å². The van der Waals surface area contributed by atoms with Gasteiger partial charge in [0, 0.05) is 23.3 Å². The summed E-state index contributed by atoms with van der Waals surface area (Å²) in [7, 11) is -9.51. The Hall–Kier alpha value is -4.38. The third-order valence-corrected chi connectivity index (χ3v) is 6.45. The van der Waals surface area contributed by atoms with Gasteiger partial charge in [-0.3, -0.25) is 9.11 Å². The molecule has 0 spiro atoms. The summed E-state index contributed by atoms with van der Waals surface area (Å²) in [4.78, 5) is -1.00. The molecule has 184 valence electrons. The van der Waals surface area contributed by atoms with Crippen LogP contribution in [-0.4, -0.2) is 56.8 Å². The van der Waals surface area contributed by atoms with Crippen LogP contribution >= 0.6 is 0 Å². The molecule has 0 amide bonds. The number of hydrogen-bond acceptors (Lipinski definition) is 12. The molecule has 0 saturated heterocycles. The summed E-state index contributed by atoms with van der Waals surface area (Å²) in [5.41, 5.74) is -0.293. The largest absolute Gasteiger partial charge is 0.336 e. The molecular formula is C20H16N8O6S2. The highest BCUT2D eigenvalue weighted by Gasteiger charge is 2.26. The fourth-order valence-corrected chi connectivity index (χ4v) is 4.59. The van der Waals surface area contributed by atoms with E-state index in [9.17, 15) is 25.9 Å². The standard InChI is InChI=1S/C20H16N8O6S2/c29-35(30,31)15-7-3-1-5-13(15)19(23-17-9-11-21-27-25-17)20(24-18-10-12-22-28-26-18)14-6-2-4-8-16(14)36(32,33)34/h1-12H,(H,21,23,25)(H,22,24,26)(H,29,30,31)(H,32,33,34). The highest BCUT2D eigenvalue weighted by atomic mass is 32.2. The van der Waals surface area contributed by atoms with Gasteiger partial charge in [-0.1, -0.05) is 36.4 Å². The quantitative estimate of drug-likeness (QED) is 0.189. The van der Waals surface area contributed by atoms with Gasteiger partial charge in [0.25, 0.3) is 20.2 Å². The molecule has 0 fully saturated rings. The van der Waals surface area contributed by atoms with Crippen molar-refractivity contribution in [3.8, 4) is 0 Å². The second-order valence-corrected chi connectivity index (χ2v) is 9.73. The van der Waals surface area contributed by atoms with Gasteiger partial charge in [-0.25, -0.2) is 0 Å². The Kier molecular flexibility index (Phi) is 6.93. The minimum atomic E-state index is -4.75. The van der Waals surface area contributed by atoms with Gasteiger partial charge in [0.2, 0.25) is 0 Å². The Balaban J connectivity index is 2.12. The van der Waals surface area contributed by atoms with Crippen LogP contribution in [0, 0.1) is 0 Å². The van der Waals surface area contributed by atoms with E-state index in [2.05, 4.69) is 41.5 Å². The van der Waals surface area contributed by atoms with Crippen molar-refractivity contribution in [2.45, 2.75) is 9.79 Å². The zero-order valence-corrected chi connectivity index (χ0v) is 19.6. The molecule has 14 nitrogen and oxygen atoms in total. The van der Waals surface area contributed by atoms with Gasteiger partial charge in [-0.15, -0.1) is 20.4 Å². The lowest BCUT2D eigenvalue weighted by Crippen LogP contribution is -2.15. The van der Waals surface area contributed by atoms with Crippen molar-refractivity contribution in [1.82, 2.24) is 30.8 Å². The van der Waals surface area contributed by atoms with Crippen molar-refractivity contribution >= 4 is 43.3 Å². The Labute approximate surface area is 204 Å². The molecule has 36 heavy (non-hydrogen) atoms. The van der Waals surface area contributed by atoms with E-state index in [1.54, 1.807) is 0 Å². The Morgan fingerprint density at radius 1 is 0.611 bits per heavy atom. The van der Waals surface area contributed by atoms with Gasteiger partial charge in [0.05, 0.1) is 23.8 Å². The minimum absolute atomic E-state index is 0.0709. The Bertz CT molecular complexity index is 1510. The Morgan fingerprint density at radius 3 is 1.33 bits per heavy atom. The van der Waals surface area contributed by atoms with Crippen LogP contribution in [0.2, 0.25) is 0 Å². The lowest BCUT2D eigenvalue weighted by Gasteiger charge is -2.21. The first-order valence-corrected chi connectivity index (χ1v) is 12.7. The van der Waals surface area contributed by atoms with Crippen LogP contribution in [0.3, 0.4) is 0 Å². The molecule has 0 bridgehead atoms. The molecular weight excluding hydrogens is 512 g/mol. The number of benzene rings is 2. The van der Waals surface area contributed by atoms with Gasteiger partial charge >= 0.3 is 0 Å². The summed E-state index contributed by atoms with van der Waals surface area (Å²) in [5, 5.41) is 27.7. The van der Waals surface area contributed by atoms with Gasteiger partial charge < -0.3 is 10.6 Å². The average Bonchev–Trinajstić information content (AvgIpc) is 2.86. The van der Waals surface area contributed by atoms with E-state index in [-0.39, 0.29) is 34.2 Å². The van der Waals surface area contributed by atoms with Crippen molar-refractivity contribution in [3.63, 3.8) is 0 Å². The van der Waals surface area contributed by atoms with Crippen molar-refractivity contribution in [3.05, 3.63) is 84.2 Å². The molecule has 0 aliphatic carbocycles. The van der Waals surface area contributed by atoms with Crippen LogP contribution in [0.1, 0.15) is 11.1 Å². The van der Waals surface area contributed by atoms with Gasteiger partial charge in [-0.05, 0) is 22.6 Å². The number of nitrogens with zero attached hydrogens (tertiary/aromatic N) is 6. The molecule has 0 aliphatic rings. The SMILES string of the molecule is O=S(=O)(O)c1ccccc1C(Nc1ccnnn1)=C(Nc1ccnnn1)c1ccccc1S(=O)(=O)O. The summed E-state index contributed by atoms with van der Waals surface area (Å²) in [5.74, 6) is 0.184. The van der Waals surface area contributed by atoms with E-state index in [0.29, 0.717) is 0 Å². The molecule has 2 heterocycles. The number of nitrogens with one attached hydrogen (secondary N) is 2. The molecule has 0 aliphatic heterocycles. The summed E-state index contributed by atoms with van der Waals surface area (Å²) in [6.07, 6.45) is 2.63. The van der Waals surface area contributed by atoms with Crippen LogP contribution in [0.25, 0.3) is 11.4 Å². The van der Waals surface area contributed by atoms with E-state index in [1.807, 2.05) is 0 Å². The summed E-state index contributed by atoms with van der Waals surface area (Å²) >= 11 is 0. The van der Waals surface area contributed by atoms with Crippen LogP contribution in [0.4, 0.5) is 11.6 Å².